The van der Waals surface area contributed by atoms with E-state index in [1.807, 2.05) is 0 Å². The van der Waals surface area contributed by atoms with E-state index in [0.29, 0.717) is 13.0 Å². The van der Waals surface area contributed by atoms with E-state index >= 15 is 0 Å². The highest BCUT2D eigenvalue weighted by molar-refractivity contribution is 8.00. The van der Waals surface area contributed by atoms with E-state index in [9.17, 15) is 13.2 Å². The summed E-state index contributed by atoms with van der Waals surface area (Å²) in [7, 11) is -3.01. The van der Waals surface area contributed by atoms with Gasteiger partial charge in [-0.3, -0.25) is 4.79 Å². The van der Waals surface area contributed by atoms with Crippen LogP contribution in [0.1, 0.15) is 43.0 Å². The quantitative estimate of drug-likeness (QED) is 0.487. The Morgan fingerprint density at radius 1 is 1.36 bits per heavy atom. The molecule has 2 aliphatic rings. The molecule has 6 nitrogen and oxygen atoms in total. The Morgan fingerprint density at radius 2 is 2.21 bits per heavy atom. The molecule has 0 N–H and O–H groups in total. The summed E-state index contributed by atoms with van der Waals surface area (Å²) in [4.78, 5) is 26.1. The van der Waals surface area contributed by atoms with Gasteiger partial charge >= 0.3 is 0 Å². The van der Waals surface area contributed by atoms with Gasteiger partial charge in [0.2, 0.25) is 5.91 Å². The molecule has 9 heteroatoms. The topological polar surface area (TPSA) is 80.2 Å². The number of aryl methyl sites for hydroxylation is 2. The van der Waals surface area contributed by atoms with E-state index in [-0.39, 0.29) is 29.2 Å². The number of hydrogen-bond acceptors (Lipinski definition) is 7. The number of nitrogens with zero attached hydrogens (tertiary/aromatic N) is 3. The van der Waals surface area contributed by atoms with Gasteiger partial charge in [-0.1, -0.05) is 25.1 Å². The first-order valence-corrected chi connectivity index (χ1v) is 13.5. The number of aromatic nitrogens is 2. The average Bonchev–Trinajstić information content (AvgIpc) is 3.34. The number of sulfone groups is 1. The second kappa shape index (κ2) is 8.28. The number of unbranched alkanes of at least 4 members (excludes halogenated alkanes) is 1. The van der Waals surface area contributed by atoms with Crippen molar-refractivity contribution in [3.63, 3.8) is 0 Å². The van der Waals surface area contributed by atoms with Crippen molar-refractivity contribution < 1.29 is 13.2 Å². The predicted octanol–water partition coefficient (Wildman–Crippen LogP) is 3.09. The van der Waals surface area contributed by atoms with Crippen LogP contribution in [0.3, 0.4) is 0 Å². The largest absolute Gasteiger partial charge is 0.338 e. The molecule has 3 heterocycles. The Morgan fingerprint density at radius 3 is 2.96 bits per heavy atom. The van der Waals surface area contributed by atoms with Crippen molar-refractivity contribution in [3.05, 3.63) is 16.8 Å². The van der Waals surface area contributed by atoms with Gasteiger partial charge < -0.3 is 4.90 Å². The molecule has 0 spiro atoms. The number of thioether (sulfide) groups is 1. The van der Waals surface area contributed by atoms with E-state index in [1.54, 1.807) is 22.6 Å². The molecule has 1 atom stereocenters. The first-order valence-electron chi connectivity index (χ1n) is 9.86. The van der Waals surface area contributed by atoms with E-state index < -0.39 is 9.84 Å². The first-order chi connectivity index (χ1) is 13.5. The Labute approximate surface area is 174 Å². The number of carbonyl (C=O) groups is 1. The summed E-state index contributed by atoms with van der Waals surface area (Å²) in [5.74, 6) is 0.591. The van der Waals surface area contributed by atoms with Crippen molar-refractivity contribution in [2.24, 2.45) is 0 Å². The lowest BCUT2D eigenvalue weighted by Gasteiger charge is -2.28. The summed E-state index contributed by atoms with van der Waals surface area (Å²) in [5, 5.41) is 2.01. The molecule has 0 saturated carbocycles. The van der Waals surface area contributed by atoms with Gasteiger partial charge in [0.25, 0.3) is 0 Å². The highest BCUT2D eigenvalue weighted by atomic mass is 32.2. The van der Waals surface area contributed by atoms with Gasteiger partial charge in [0, 0.05) is 22.8 Å². The minimum Gasteiger partial charge on any atom is -0.338 e. The Kier molecular flexibility index (Phi) is 5.94. The van der Waals surface area contributed by atoms with Crippen molar-refractivity contribution in [3.8, 4) is 0 Å². The predicted molar refractivity (Wildman–Crippen MR) is 114 cm³/mol. The third-order valence-electron chi connectivity index (χ3n) is 5.52. The number of carbonyl (C=O) groups excluding carboxylic acids is 1. The van der Waals surface area contributed by atoms with Gasteiger partial charge in [0.05, 0.1) is 17.3 Å². The normalized spacial score (nSPS) is 20.5. The van der Waals surface area contributed by atoms with Crippen LogP contribution in [0.15, 0.2) is 11.4 Å². The summed E-state index contributed by atoms with van der Waals surface area (Å²) >= 11 is 3.21. The Hall–Kier alpha value is -1.19. The van der Waals surface area contributed by atoms with Crippen molar-refractivity contribution in [2.75, 3.05) is 23.8 Å². The SMILES string of the molecule is CCCCN(C(=O)CSc1ncnc2sc3c(c12)CCC3)[C@H]1CCS(=O)(=O)C1. The monoisotopic (exact) mass is 439 g/mol. The molecule has 0 bridgehead atoms. The molecular formula is C19H25N3O3S3. The van der Waals surface area contributed by atoms with Crippen molar-refractivity contribution in [1.82, 2.24) is 14.9 Å². The maximum atomic E-state index is 13.0. The second-order valence-electron chi connectivity index (χ2n) is 7.50. The fourth-order valence-electron chi connectivity index (χ4n) is 4.08. The van der Waals surface area contributed by atoms with Crippen LogP contribution in [0.4, 0.5) is 0 Å². The van der Waals surface area contributed by atoms with E-state index in [0.717, 1.165) is 40.9 Å². The molecule has 2 aromatic rings. The van der Waals surface area contributed by atoms with Crippen LogP contribution >= 0.6 is 23.1 Å². The van der Waals surface area contributed by atoms with Gasteiger partial charge in [0.1, 0.15) is 16.2 Å². The summed E-state index contributed by atoms with van der Waals surface area (Å²) in [6.07, 6.45) is 7.35. The van der Waals surface area contributed by atoms with Gasteiger partial charge in [-0.2, -0.15) is 0 Å². The molecule has 1 saturated heterocycles. The summed E-state index contributed by atoms with van der Waals surface area (Å²) < 4.78 is 23.8. The summed E-state index contributed by atoms with van der Waals surface area (Å²) in [6.45, 7) is 2.71. The molecule has 1 aliphatic carbocycles. The zero-order valence-electron chi connectivity index (χ0n) is 16.0. The molecule has 1 aliphatic heterocycles. The number of rotatable bonds is 7. The molecule has 0 unspecified atom stereocenters. The van der Waals surface area contributed by atoms with Crippen LogP contribution in [0.2, 0.25) is 0 Å². The third-order valence-corrected chi connectivity index (χ3v) is 9.45. The lowest BCUT2D eigenvalue weighted by Crippen LogP contribution is -2.42. The Bertz CT molecular complexity index is 987. The summed E-state index contributed by atoms with van der Waals surface area (Å²) in [5.41, 5.74) is 1.36. The molecule has 1 amide bonds. The fraction of sp³-hybridized carbons (Fsp3) is 0.632. The number of amides is 1. The lowest BCUT2D eigenvalue weighted by atomic mass is 10.2. The zero-order valence-corrected chi connectivity index (χ0v) is 18.5. The molecule has 152 valence electrons. The smallest absolute Gasteiger partial charge is 0.233 e. The first kappa shape index (κ1) is 20.1. The van der Waals surface area contributed by atoms with Gasteiger partial charge in [-0.05, 0) is 37.7 Å². The number of fused-ring (bicyclic) bond motifs is 3. The minimum atomic E-state index is -3.01. The second-order valence-corrected chi connectivity index (χ2v) is 11.8. The lowest BCUT2D eigenvalue weighted by molar-refractivity contribution is -0.130. The van der Waals surface area contributed by atoms with Crippen LogP contribution in [-0.2, 0) is 27.5 Å². The molecular weight excluding hydrogens is 414 g/mol. The number of hydrogen-bond donors (Lipinski definition) is 0. The van der Waals surface area contributed by atoms with Crippen LogP contribution < -0.4 is 0 Å². The Balaban J connectivity index is 1.50. The van der Waals surface area contributed by atoms with Crippen molar-refractivity contribution in [1.29, 1.82) is 0 Å². The van der Waals surface area contributed by atoms with E-state index in [4.69, 9.17) is 0 Å². The van der Waals surface area contributed by atoms with Crippen LogP contribution in [-0.4, -0.2) is 59.0 Å². The van der Waals surface area contributed by atoms with Gasteiger partial charge in [0.15, 0.2) is 9.84 Å². The van der Waals surface area contributed by atoms with E-state index in [1.165, 1.54) is 28.6 Å². The molecule has 1 fully saturated rings. The van der Waals surface area contributed by atoms with Crippen molar-refractivity contribution >= 4 is 49.1 Å². The third kappa shape index (κ3) is 4.07. The zero-order chi connectivity index (χ0) is 19.7. The van der Waals surface area contributed by atoms with E-state index in [2.05, 4.69) is 16.9 Å². The molecule has 28 heavy (non-hydrogen) atoms. The molecule has 4 rings (SSSR count). The fourth-order valence-corrected chi connectivity index (χ4v) is 8.02. The average molecular weight is 440 g/mol. The maximum absolute atomic E-state index is 13.0. The highest BCUT2D eigenvalue weighted by Gasteiger charge is 2.34. The minimum absolute atomic E-state index is 0.0131. The maximum Gasteiger partial charge on any atom is 0.233 e. The molecule has 2 aromatic heterocycles. The molecule has 0 aromatic carbocycles. The van der Waals surface area contributed by atoms with Crippen LogP contribution in [0.5, 0.6) is 0 Å². The van der Waals surface area contributed by atoms with Gasteiger partial charge in [-0.25, -0.2) is 18.4 Å². The summed E-state index contributed by atoms with van der Waals surface area (Å²) in [6, 6.07) is -0.180. The van der Waals surface area contributed by atoms with Gasteiger partial charge in [-0.15, -0.1) is 11.3 Å². The highest BCUT2D eigenvalue weighted by Crippen LogP contribution is 2.40. The molecule has 0 radical (unpaired) electrons. The number of thiophene rings is 1. The van der Waals surface area contributed by atoms with Crippen LogP contribution in [0.25, 0.3) is 10.2 Å². The van der Waals surface area contributed by atoms with Crippen molar-refractivity contribution in [2.45, 2.75) is 56.5 Å². The van der Waals surface area contributed by atoms with Crippen LogP contribution in [0, 0.1) is 0 Å². The standard InChI is InChI=1S/C19H25N3O3S3/c1-2-3-8-22(13-7-9-28(24,25)11-13)16(23)10-26-18-17-14-5-4-6-15(14)27-19(17)21-12-20-18/h12-13H,2-11H2,1H3/t13-/m0/s1.